The van der Waals surface area contributed by atoms with E-state index in [1.165, 1.54) is 0 Å². The van der Waals surface area contributed by atoms with Gasteiger partial charge in [0.1, 0.15) is 12.4 Å². The average Bonchev–Trinajstić information content (AvgIpc) is 3.00. The molecule has 0 atom stereocenters. The van der Waals surface area contributed by atoms with Crippen molar-refractivity contribution in [3.63, 3.8) is 0 Å². The molecule has 0 saturated carbocycles. The van der Waals surface area contributed by atoms with E-state index in [4.69, 9.17) is 16.3 Å². The number of halogens is 1. The standard InChI is InChI=1S/C22H24ClN3O2/c1-15-8-9-16(2)21(10-15)28-14-17-6-5-7-18(11-17)22(27)25(3)13-20-19(23)12-24-26(20)4/h5-12H,13-14H2,1-4H3. The highest BCUT2D eigenvalue weighted by Crippen LogP contribution is 2.21. The molecule has 0 bridgehead atoms. The van der Waals surface area contributed by atoms with Crippen LogP contribution in [0.4, 0.5) is 0 Å². The molecule has 0 fully saturated rings. The zero-order chi connectivity index (χ0) is 20.3. The third kappa shape index (κ3) is 4.54. The molecule has 0 unspecified atom stereocenters. The van der Waals surface area contributed by atoms with Crippen molar-refractivity contribution in [1.29, 1.82) is 0 Å². The van der Waals surface area contributed by atoms with Gasteiger partial charge in [-0.1, -0.05) is 35.9 Å². The van der Waals surface area contributed by atoms with E-state index in [-0.39, 0.29) is 5.91 Å². The van der Waals surface area contributed by atoms with Crippen molar-refractivity contribution < 1.29 is 9.53 Å². The van der Waals surface area contributed by atoms with Gasteiger partial charge in [0.2, 0.25) is 0 Å². The fourth-order valence-corrected chi connectivity index (χ4v) is 3.17. The number of ether oxygens (including phenoxy) is 1. The van der Waals surface area contributed by atoms with Crippen LogP contribution in [0.2, 0.25) is 5.02 Å². The van der Waals surface area contributed by atoms with Gasteiger partial charge in [0.25, 0.3) is 5.91 Å². The second-order valence-corrected chi connectivity index (χ2v) is 7.39. The lowest BCUT2D eigenvalue weighted by molar-refractivity contribution is 0.0782. The van der Waals surface area contributed by atoms with E-state index in [0.29, 0.717) is 23.7 Å². The quantitative estimate of drug-likeness (QED) is 0.613. The first kappa shape index (κ1) is 20.0. The van der Waals surface area contributed by atoms with E-state index < -0.39 is 0 Å². The number of aryl methyl sites for hydroxylation is 3. The molecule has 0 aliphatic rings. The fraction of sp³-hybridized carbons (Fsp3) is 0.273. The van der Waals surface area contributed by atoms with Gasteiger partial charge in [0.15, 0.2) is 0 Å². The summed E-state index contributed by atoms with van der Waals surface area (Å²) in [7, 11) is 3.57. The topological polar surface area (TPSA) is 47.4 Å². The van der Waals surface area contributed by atoms with Gasteiger partial charge in [-0.25, -0.2) is 0 Å². The number of rotatable bonds is 6. The zero-order valence-electron chi connectivity index (χ0n) is 16.6. The summed E-state index contributed by atoms with van der Waals surface area (Å²) in [5, 5.41) is 4.67. The number of carbonyl (C=O) groups is 1. The average molecular weight is 398 g/mol. The van der Waals surface area contributed by atoms with Gasteiger partial charge in [-0.2, -0.15) is 5.10 Å². The predicted octanol–water partition coefficient (Wildman–Crippen LogP) is 4.54. The van der Waals surface area contributed by atoms with Crippen LogP contribution >= 0.6 is 11.6 Å². The lowest BCUT2D eigenvalue weighted by Gasteiger charge is -2.18. The highest BCUT2D eigenvalue weighted by Gasteiger charge is 2.16. The van der Waals surface area contributed by atoms with Crippen LogP contribution in [0.3, 0.4) is 0 Å². The molecule has 0 aliphatic carbocycles. The number of benzene rings is 2. The maximum atomic E-state index is 12.8. The first-order chi connectivity index (χ1) is 13.3. The van der Waals surface area contributed by atoms with Crippen molar-refractivity contribution in [3.8, 4) is 5.75 Å². The van der Waals surface area contributed by atoms with Gasteiger partial charge >= 0.3 is 0 Å². The largest absolute Gasteiger partial charge is 0.489 e. The molecule has 3 rings (SSSR count). The molecule has 1 aromatic heterocycles. The first-order valence-electron chi connectivity index (χ1n) is 9.06. The molecule has 0 saturated heterocycles. The molecule has 0 aliphatic heterocycles. The Kier molecular flexibility index (Phi) is 6.05. The van der Waals surface area contributed by atoms with E-state index in [9.17, 15) is 4.79 Å². The monoisotopic (exact) mass is 397 g/mol. The Morgan fingerprint density at radius 3 is 2.71 bits per heavy atom. The first-order valence-corrected chi connectivity index (χ1v) is 9.44. The van der Waals surface area contributed by atoms with Gasteiger partial charge < -0.3 is 9.64 Å². The number of amides is 1. The molecular weight excluding hydrogens is 374 g/mol. The molecule has 0 N–H and O–H groups in total. The Morgan fingerprint density at radius 2 is 2.00 bits per heavy atom. The summed E-state index contributed by atoms with van der Waals surface area (Å²) >= 11 is 6.15. The molecule has 0 spiro atoms. The number of hydrogen-bond acceptors (Lipinski definition) is 3. The van der Waals surface area contributed by atoms with Crippen LogP contribution in [0.1, 0.15) is 32.7 Å². The number of aromatic nitrogens is 2. The highest BCUT2D eigenvalue weighted by atomic mass is 35.5. The van der Waals surface area contributed by atoms with Crippen LogP contribution in [0.25, 0.3) is 0 Å². The molecular formula is C22H24ClN3O2. The lowest BCUT2D eigenvalue weighted by Crippen LogP contribution is -2.27. The Labute approximate surface area is 170 Å². The molecule has 3 aromatic rings. The molecule has 2 aromatic carbocycles. The number of nitrogens with zero attached hydrogens (tertiary/aromatic N) is 3. The van der Waals surface area contributed by atoms with Gasteiger partial charge in [-0.3, -0.25) is 9.48 Å². The van der Waals surface area contributed by atoms with Crippen molar-refractivity contribution in [2.45, 2.75) is 27.0 Å². The maximum Gasteiger partial charge on any atom is 0.253 e. The Bertz CT molecular complexity index is 978. The third-order valence-electron chi connectivity index (χ3n) is 4.66. The molecule has 146 valence electrons. The summed E-state index contributed by atoms with van der Waals surface area (Å²) in [6, 6.07) is 13.6. The summed E-state index contributed by atoms with van der Waals surface area (Å²) in [5.41, 5.74) is 4.60. The molecule has 1 heterocycles. The van der Waals surface area contributed by atoms with Crippen LogP contribution in [0.15, 0.2) is 48.7 Å². The fourth-order valence-electron chi connectivity index (χ4n) is 2.95. The SMILES string of the molecule is Cc1ccc(C)c(OCc2cccc(C(=O)N(C)Cc3c(Cl)cnn3C)c2)c1. The molecule has 28 heavy (non-hydrogen) atoms. The van der Waals surface area contributed by atoms with E-state index in [1.807, 2.05) is 57.3 Å². The summed E-state index contributed by atoms with van der Waals surface area (Å²) in [4.78, 5) is 14.5. The summed E-state index contributed by atoms with van der Waals surface area (Å²) < 4.78 is 7.64. The zero-order valence-corrected chi connectivity index (χ0v) is 17.3. The number of carbonyl (C=O) groups excluding carboxylic acids is 1. The van der Waals surface area contributed by atoms with E-state index >= 15 is 0 Å². The van der Waals surface area contributed by atoms with E-state index in [0.717, 1.165) is 28.1 Å². The minimum Gasteiger partial charge on any atom is -0.489 e. The maximum absolute atomic E-state index is 12.8. The Hall–Kier alpha value is -2.79. The van der Waals surface area contributed by atoms with Crippen LogP contribution in [-0.2, 0) is 20.2 Å². The van der Waals surface area contributed by atoms with Gasteiger partial charge in [0.05, 0.1) is 23.5 Å². The second kappa shape index (κ2) is 8.48. The van der Waals surface area contributed by atoms with Crippen LogP contribution in [-0.4, -0.2) is 27.6 Å². The van der Waals surface area contributed by atoms with Crippen molar-refractivity contribution in [2.75, 3.05) is 7.05 Å². The molecule has 6 heteroatoms. The number of hydrogen-bond donors (Lipinski definition) is 0. The van der Waals surface area contributed by atoms with Crippen molar-refractivity contribution >= 4 is 17.5 Å². The normalized spacial score (nSPS) is 10.8. The van der Waals surface area contributed by atoms with Gasteiger partial charge in [-0.05, 0) is 48.7 Å². The van der Waals surface area contributed by atoms with Crippen molar-refractivity contribution in [1.82, 2.24) is 14.7 Å². The highest BCUT2D eigenvalue weighted by molar-refractivity contribution is 6.31. The van der Waals surface area contributed by atoms with E-state index in [1.54, 1.807) is 22.8 Å². The minimum absolute atomic E-state index is 0.0779. The molecule has 0 radical (unpaired) electrons. The van der Waals surface area contributed by atoms with E-state index in [2.05, 4.69) is 11.2 Å². The van der Waals surface area contributed by atoms with Crippen molar-refractivity contribution in [2.24, 2.45) is 7.05 Å². The Morgan fingerprint density at radius 1 is 1.21 bits per heavy atom. The van der Waals surface area contributed by atoms with Gasteiger partial charge in [-0.15, -0.1) is 0 Å². The Balaban J connectivity index is 1.70. The smallest absolute Gasteiger partial charge is 0.253 e. The summed E-state index contributed by atoms with van der Waals surface area (Å²) in [6.45, 7) is 4.85. The third-order valence-corrected chi connectivity index (χ3v) is 4.97. The molecule has 1 amide bonds. The van der Waals surface area contributed by atoms with Crippen LogP contribution in [0, 0.1) is 13.8 Å². The summed E-state index contributed by atoms with van der Waals surface area (Å²) in [6.07, 6.45) is 1.58. The second-order valence-electron chi connectivity index (χ2n) is 6.98. The lowest BCUT2D eigenvalue weighted by atomic mass is 10.1. The minimum atomic E-state index is -0.0779. The van der Waals surface area contributed by atoms with Gasteiger partial charge in [0, 0.05) is 19.7 Å². The van der Waals surface area contributed by atoms with Crippen LogP contribution in [0.5, 0.6) is 5.75 Å². The molecule has 5 nitrogen and oxygen atoms in total. The van der Waals surface area contributed by atoms with Crippen molar-refractivity contribution in [3.05, 3.63) is 81.6 Å². The van der Waals surface area contributed by atoms with Crippen LogP contribution < -0.4 is 4.74 Å². The summed E-state index contributed by atoms with van der Waals surface area (Å²) in [5.74, 6) is 0.783. The predicted molar refractivity (Wildman–Crippen MR) is 111 cm³/mol.